The first kappa shape index (κ1) is 23.4. The summed E-state index contributed by atoms with van der Waals surface area (Å²) in [7, 11) is 1.62. The Labute approximate surface area is 168 Å². The smallest absolute Gasteiger partial charge is 0.234 e. The first-order valence-electron chi connectivity index (χ1n) is 9.12. The fraction of sp³-hybridized carbons (Fsp3) is 0.882. The average Bonchev–Trinajstić information content (AvgIpc) is 3.28. The van der Waals surface area contributed by atoms with Crippen LogP contribution in [-0.2, 0) is 14.3 Å². The van der Waals surface area contributed by atoms with E-state index in [1.807, 2.05) is 4.90 Å². The summed E-state index contributed by atoms with van der Waals surface area (Å²) in [5, 5.41) is 6.22. The van der Waals surface area contributed by atoms with Crippen LogP contribution in [0.1, 0.15) is 19.3 Å². The SMILES string of the molecule is COCCNC(=O)CN1CCN(C(=O)C2CC23CCNCC3)CC1.Cl.Cl. The molecule has 9 heteroatoms. The normalized spacial score (nSPS) is 24.3. The standard InChI is InChI=1S/C17H30N4O3.2ClH/c1-24-11-6-19-15(22)13-20-7-9-21(10-8-20)16(23)14-12-17(14)2-4-18-5-3-17;;/h14,18H,2-13H2,1H3,(H,19,22);2*1H. The van der Waals surface area contributed by atoms with E-state index in [-0.39, 0.29) is 36.6 Å². The number of carbonyl (C=O) groups excluding carboxylic acids is 2. The van der Waals surface area contributed by atoms with Gasteiger partial charge < -0.3 is 20.3 Å². The Morgan fingerprint density at radius 3 is 2.42 bits per heavy atom. The minimum atomic E-state index is 0. The number of hydrogen-bond acceptors (Lipinski definition) is 5. The zero-order chi connectivity index (χ0) is 17.0. The van der Waals surface area contributed by atoms with Crippen molar-refractivity contribution in [3.8, 4) is 0 Å². The lowest BCUT2D eigenvalue weighted by Gasteiger charge is -2.35. The number of methoxy groups -OCH3 is 1. The maximum Gasteiger partial charge on any atom is 0.234 e. The van der Waals surface area contributed by atoms with Crippen molar-refractivity contribution < 1.29 is 14.3 Å². The van der Waals surface area contributed by atoms with Gasteiger partial charge in [0.15, 0.2) is 0 Å². The van der Waals surface area contributed by atoms with E-state index in [9.17, 15) is 9.59 Å². The largest absolute Gasteiger partial charge is 0.383 e. The first-order chi connectivity index (χ1) is 11.6. The lowest BCUT2D eigenvalue weighted by Crippen LogP contribution is -2.52. The molecular formula is C17H32Cl2N4O3. The third-order valence-corrected chi connectivity index (χ3v) is 5.77. The zero-order valence-electron chi connectivity index (χ0n) is 15.5. The molecule has 0 aromatic heterocycles. The molecule has 0 aromatic rings. The molecule has 0 radical (unpaired) electrons. The van der Waals surface area contributed by atoms with Crippen LogP contribution in [0.25, 0.3) is 0 Å². The van der Waals surface area contributed by atoms with E-state index in [4.69, 9.17) is 4.74 Å². The molecule has 1 aliphatic carbocycles. The predicted molar refractivity (Wildman–Crippen MR) is 105 cm³/mol. The summed E-state index contributed by atoms with van der Waals surface area (Å²) < 4.78 is 4.92. The third kappa shape index (κ3) is 5.70. The zero-order valence-corrected chi connectivity index (χ0v) is 17.1. The molecule has 1 saturated carbocycles. The predicted octanol–water partition coefficient (Wildman–Crippen LogP) is 0.127. The van der Waals surface area contributed by atoms with Crippen LogP contribution in [0.2, 0.25) is 0 Å². The number of ether oxygens (including phenoxy) is 1. The van der Waals surface area contributed by atoms with Gasteiger partial charge in [-0.1, -0.05) is 0 Å². The molecule has 2 amide bonds. The van der Waals surface area contributed by atoms with Crippen LogP contribution in [0.3, 0.4) is 0 Å². The topological polar surface area (TPSA) is 73.9 Å². The summed E-state index contributed by atoms with van der Waals surface area (Å²) in [5.74, 6) is 0.632. The van der Waals surface area contributed by atoms with Crippen molar-refractivity contribution in [1.82, 2.24) is 20.4 Å². The van der Waals surface area contributed by atoms with Crippen LogP contribution in [0.4, 0.5) is 0 Å². The van der Waals surface area contributed by atoms with Crippen LogP contribution in [0, 0.1) is 11.3 Å². The van der Waals surface area contributed by atoms with Gasteiger partial charge >= 0.3 is 0 Å². The molecule has 1 atom stereocenters. The number of carbonyl (C=O) groups is 2. The van der Waals surface area contributed by atoms with E-state index < -0.39 is 0 Å². The highest BCUT2D eigenvalue weighted by Gasteiger charge is 2.58. The maximum absolute atomic E-state index is 12.7. The second-order valence-corrected chi connectivity index (χ2v) is 7.31. The van der Waals surface area contributed by atoms with Gasteiger partial charge in [-0.05, 0) is 37.8 Å². The molecular weight excluding hydrogens is 379 g/mol. The van der Waals surface area contributed by atoms with E-state index >= 15 is 0 Å². The molecule has 3 fully saturated rings. The van der Waals surface area contributed by atoms with Gasteiger partial charge in [0, 0.05) is 45.8 Å². The molecule has 0 aromatic carbocycles. The van der Waals surface area contributed by atoms with E-state index in [1.54, 1.807) is 7.11 Å². The number of piperidine rings is 1. The van der Waals surface area contributed by atoms with E-state index in [1.165, 1.54) is 0 Å². The molecule has 3 rings (SSSR count). The summed E-state index contributed by atoms with van der Waals surface area (Å²) >= 11 is 0. The Kier molecular flexibility index (Phi) is 9.61. The van der Waals surface area contributed by atoms with E-state index in [0.717, 1.165) is 58.5 Å². The second kappa shape index (κ2) is 10.7. The van der Waals surface area contributed by atoms with Gasteiger partial charge in [0.25, 0.3) is 0 Å². The van der Waals surface area contributed by atoms with Crippen molar-refractivity contribution >= 4 is 36.6 Å². The summed E-state index contributed by atoms with van der Waals surface area (Å²) in [4.78, 5) is 28.7. The van der Waals surface area contributed by atoms with Crippen molar-refractivity contribution in [2.24, 2.45) is 11.3 Å². The Balaban J connectivity index is 0.00000169. The van der Waals surface area contributed by atoms with Crippen molar-refractivity contribution in [2.45, 2.75) is 19.3 Å². The number of amides is 2. The molecule has 7 nitrogen and oxygen atoms in total. The highest BCUT2D eigenvalue weighted by atomic mass is 35.5. The Morgan fingerprint density at radius 1 is 1.15 bits per heavy atom. The van der Waals surface area contributed by atoms with Gasteiger partial charge in [0.1, 0.15) is 0 Å². The Hall–Kier alpha value is -0.600. The number of nitrogens with zero attached hydrogens (tertiary/aromatic N) is 2. The lowest BCUT2D eigenvalue weighted by atomic mass is 9.91. The number of nitrogens with one attached hydrogen (secondary N) is 2. The van der Waals surface area contributed by atoms with Crippen LogP contribution in [-0.4, -0.2) is 87.7 Å². The quantitative estimate of drug-likeness (QED) is 0.608. The monoisotopic (exact) mass is 410 g/mol. The fourth-order valence-electron chi connectivity index (χ4n) is 4.07. The molecule has 2 heterocycles. The fourth-order valence-corrected chi connectivity index (χ4v) is 4.07. The molecule has 152 valence electrons. The van der Waals surface area contributed by atoms with Crippen molar-refractivity contribution in [1.29, 1.82) is 0 Å². The van der Waals surface area contributed by atoms with Crippen LogP contribution in [0.5, 0.6) is 0 Å². The number of halogens is 2. The molecule has 3 aliphatic rings. The summed E-state index contributed by atoms with van der Waals surface area (Å²) in [6.07, 6.45) is 3.37. The van der Waals surface area contributed by atoms with Gasteiger partial charge in [0.05, 0.1) is 13.2 Å². The minimum Gasteiger partial charge on any atom is -0.383 e. The third-order valence-electron chi connectivity index (χ3n) is 5.77. The Bertz CT molecular complexity index is 467. The Morgan fingerprint density at radius 2 is 1.81 bits per heavy atom. The van der Waals surface area contributed by atoms with Gasteiger partial charge in [-0.2, -0.15) is 0 Å². The summed E-state index contributed by atoms with van der Waals surface area (Å²) in [5.41, 5.74) is 0.306. The summed E-state index contributed by atoms with van der Waals surface area (Å²) in [6.45, 7) is 6.65. The number of rotatable bonds is 6. The van der Waals surface area contributed by atoms with Crippen LogP contribution in [0.15, 0.2) is 0 Å². The molecule has 2 aliphatic heterocycles. The van der Waals surface area contributed by atoms with Crippen molar-refractivity contribution in [2.75, 3.05) is 66.1 Å². The van der Waals surface area contributed by atoms with E-state index in [2.05, 4.69) is 15.5 Å². The number of hydrogen-bond donors (Lipinski definition) is 2. The first-order valence-corrected chi connectivity index (χ1v) is 9.12. The van der Waals surface area contributed by atoms with Gasteiger partial charge in [-0.25, -0.2) is 0 Å². The molecule has 1 unspecified atom stereocenters. The molecule has 1 spiro atoms. The van der Waals surface area contributed by atoms with Crippen molar-refractivity contribution in [3.63, 3.8) is 0 Å². The molecule has 26 heavy (non-hydrogen) atoms. The van der Waals surface area contributed by atoms with Crippen LogP contribution < -0.4 is 10.6 Å². The minimum absolute atomic E-state index is 0. The molecule has 2 N–H and O–H groups in total. The highest BCUT2D eigenvalue weighted by Crippen LogP contribution is 2.59. The average molecular weight is 411 g/mol. The van der Waals surface area contributed by atoms with Crippen LogP contribution >= 0.6 is 24.8 Å². The van der Waals surface area contributed by atoms with Gasteiger partial charge in [-0.3, -0.25) is 14.5 Å². The van der Waals surface area contributed by atoms with Crippen molar-refractivity contribution in [3.05, 3.63) is 0 Å². The van der Waals surface area contributed by atoms with E-state index in [0.29, 0.717) is 31.0 Å². The molecule has 0 bridgehead atoms. The van der Waals surface area contributed by atoms with Gasteiger partial charge in [0.2, 0.25) is 11.8 Å². The lowest BCUT2D eigenvalue weighted by molar-refractivity contribution is -0.135. The maximum atomic E-state index is 12.7. The highest BCUT2D eigenvalue weighted by molar-refractivity contribution is 5.85. The van der Waals surface area contributed by atoms with Gasteiger partial charge in [-0.15, -0.1) is 24.8 Å². The molecule has 2 saturated heterocycles. The number of piperazine rings is 1. The summed E-state index contributed by atoms with van der Waals surface area (Å²) in [6, 6.07) is 0. The second-order valence-electron chi connectivity index (χ2n) is 7.31.